The maximum absolute atomic E-state index is 12.5. The van der Waals surface area contributed by atoms with Gasteiger partial charge in [0.1, 0.15) is 0 Å². The molecule has 5 nitrogen and oxygen atoms in total. The van der Waals surface area contributed by atoms with E-state index in [4.69, 9.17) is 5.73 Å². The first-order chi connectivity index (χ1) is 9.13. The number of hydrogen-bond donors (Lipinski definition) is 1. The molecule has 1 atom stereocenters. The van der Waals surface area contributed by atoms with Crippen LogP contribution >= 0.6 is 0 Å². The number of amides is 2. The van der Waals surface area contributed by atoms with Crippen molar-refractivity contribution in [3.05, 3.63) is 35.9 Å². The van der Waals surface area contributed by atoms with Gasteiger partial charge in [-0.1, -0.05) is 30.3 Å². The fourth-order valence-electron chi connectivity index (χ4n) is 2.23. The fourth-order valence-corrected chi connectivity index (χ4v) is 2.23. The smallest absolute Gasteiger partial charge is 0.241 e. The lowest BCUT2D eigenvalue weighted by Gasteiger charge is -2.34. The molecule has 1 aromatic carbocycles. The van der Waals surface area contributed by atoms with Crippen LogP contribution in [0.3, 0.4) is 0 Å². The lowest BCUT2D eigenvalue weighted by Crippen LogP contribution is -2.52. The number of likely N-dealkylation sites (N-methyl/N-ethyl adjacent to an activating group) is 1. The lowest BCUT2D eigenvalue weighted by molar-refractivity contribution is -0.144. The summed E-state index contributed by atoms with van der Waals surface area (Å²) < 4.78 is 0. The van der Waals surface area contributed by atoms with Crippen LogP contribution in [0, 0.1) is 0 Å². The Kier molecular flexibility index (Phi) is 4.16. The number of nitrogens with two attached hydrogens (primary N) is 1. The molecule has 0 bridgehead atoms. The average Bonchev–Trinajstić information content (AvgIpc) is 2.44. The molecule has 1 aliphatic heterocycles. The highest BCUT2D eigenvalue weighted by Gasteiger charge is 2.29. The maximum atomic E-state index is 12.5. The molecule has 1 unspecified atom stereocenters. The molecule has 0 saturated carbocycles. The van der Waals surface area contributed by atoms with E-state index < -0.39 is 0 Å². The van der Waals surface area contributed by atoms with Crippen molar-refractivity contribution in [2.45, 2.75) is 5.92 Å². The van der Waals surface area contributed by atoms with Crippen molar-refractivity contribution >= 4 is 11.8 Å². The van der Waals surface area contributed by atoms with Crippen LogP contribution in [0.25, 0.3) is 0 Å². The van der Waals surface area contributed by atoms with Crippen LogP contribution in [0.4, 0.5) is 0 Å². The number of benzene rings is 1. The van der Waals surface area contributed by atoms with Gasteiger partial charge in [0.15, 0.2) is 0 Å². The third-order valence-electron chi connectivity index (χ3n) is 3.50. The molecule has 1 aromatic rings. The van der Waals surface area contributed by atoms with Crippen molar-refractivity contribution in [1.29, 1.82) is 0 Å². The largest absolute Gasteiger partial charge is 0.342 e. The Bertz CT molecular complexity index is 461. The first kappa shape index (κ1) is 13.5. The zero-order chi connectivity index (χ0) is 13.8. The van der Waals surface area contributed by atoms with Crippen molar-refractivity contribution in [1.82, 2.24) is 9.80 Å². The van der Waals surface area contributed by atoms with Gasteiger partial charge < -0.3 is 15.5 Å². The monoisotopic (exact) mass is 261 g/mol. The fraction of sp³-hybridized carbons (Fsp3) is 0.429. The maximum Gasteiger partial charge on any atom is 0.241 e. The molecule has 0 radical (unpaired) electrons. The van der Waals surface area contributed by atoms with E-state index in [0.717, 1.165) is 5.56 Å². The van der Waals surface area contributed by atoms with Gasteiger partial charge in [-0.15, -0.1) is 0 Å². The number of hydrogen-bond acceptors (Lipinski definition) is 3. The minimum absolute atomic E-state index is 0.0246. The molecule has 102 valence electrons. The second-order valence-electron chi connectivity index (χ2n) is 4.77. The molecule has 2 amide bonds. The summed E-state index contributed by atoms with van der Waals surface area (Å²) in [4.78, 5) is 27.4. The van der Waals surface area contributed by atoms with Crippen molar-refractivity contribution < 1.29 is 9.59 Å². The van der Waals surface area contributed by atoms with Gasteiger partial charge in [-0.25, -0.2) is 0 Å². The van der Waals surface area contributed by atoms with Gasteiger partial charge in [0.05, 0.1) is 12.5 Å². The number of piperazine rings is 1. The highest BCUT2D eigenvalue weighted by molar-refractivity contribution is 5.89. The highest BCUT2D eigenvalue weighted by Crippen LogP contribution is 2.18. The Balaban J connectivity index is 2.11. The van der Waals surface area contributed by atoms with Crippen LogP contribution in [-0.4, -0.2) is 54.8 Å². The molecule has 19 heavy (non-hydrogen) atoms. The molecule has 5 heteroatoms. The van der Waals surface area contributed by atoms with Crippen LogP contribution in [0.15, 0.2) is 30.3 Å². The molecule has 1 fully saturated rings. The van der Waals surface area contributed by atoms with Crippen molar-refractivity contribution in [3.63, 3.8) is 0 Å². The topological polar surface area (TPSA) is 66.6 Å². The van der Waals surface area contributed by atoms with Crippen molar-refractivity contribution in [3.8, 4) is 0 Å². The molecule has 2 N–H and O–H groups in total. The summed E-state index contributed by atoms with van der Waals surface area (Å²) in [7, 11) is 1.75. The molecular formula is C14H19N3O2. The quantitative estimate of drug-likeness (QED) is 0.834. The van der Waals surface area contributed by atoms with Crippen LogP contribution in [0.2, 0.25) is 0 Å². The van der Waals surface area contributed by atoms with E-state index >= 15 is 0 Å². The predicted octanol–water partition coefficient (Wildman–Crippen LogP) is 0.0295. The van der Waals surface area contributed by atoms with Crippen LogP contribution in [-0.2, 0) is 9.59 Å². The van der Waals surface area contributed by atoms with Crippen LogP contribution in [0.1, 0.15) is 11.5 Å². The molecule has 0 aliphatic carbocycles. The van der Waals surface area contributed by atoms with E-state index in [9.17, 15) is 9.59 Å². The third-order valence-corrected chi connectivity index (χ3v) is 3.50. The molecule has 1 aliphatic rings. The van der Waals surface area contributed by atoms with Gasteiger partial charge in [0.25, 0.3) is 0 Å². The van der Waals surface area contributed by atoms with Crippen LogP contribution < -0.4 is 5.73 Å². The lowest BCUT2D eigenvalue weighted by atomic mass is 9.97. The van der Waals surface area contributed by atoms with Crippen molar-refractivity contribution in [2.75, 3.05) is 33.2 Å². The summed E-state index contributed by atoms with van der Waals surface area (Å²) in [5.41, 5.74) is 6.64. The summed E-state index contributed by atoms with van der Waals surface area (Å²) in [5.74, 6) is -0.448. The molecule has 1 heterocycles. The number of nitrogens with zero attached hydrogens (tertiary/aromatic N) is 2. The number of rotatable bonds is 3. The van der Waals surface area contributed by atoms with Crippen LogP contribution in [0.5, 0.6) is 0 Å². The van der Waals surface area contributed by atoms with Gasteiger partial charge in [-0.2, -0.15) is 0 Å². The normalized spacial score (nSPS) is 17.5. The second kappa shape index (κ2) is 5.84. The minimum Gasteiger partial charge on any atom is -0.342 e. The zero-order valence-corrected chi connectivity index (χ0v) is 11.1. The van der Waals surface area contributed by atoms with E-state index in [1.165, 1.54) is 0 Å². The summed E-state index contributed by atoms with van der Waals surface area (Å²) in [6.45, 7) is 1.56. The zero-order valence-electron chi connectivity index (χ0n) is 11.1. The standard InChI is InChI=1S/C14H19N3O2/c1-16-7-8-17(10-13(16)18)14(19)12(9-15)11-5-3-2-4-6-11/h2-6,12H,7-10,15H2,1H3. The van der Waals surface area contributed by atoms with E-state index in [1.54, 1.807) is 16.8 Å². The second-order valence-corrected chi connectivity index (χ2v) is 4.77. The van der Waals surface area contributed by atoms with Gasteiger partial charge in [-0.3, -0.25) is 9.59 Å². The first-order valence-corrected chi connectivity index (χ1v) is 6.41. The molecule has 0 spiro atoms. The van der Waals surface area contributed by atoms with E-state index in [2.05, 4.69) is 0 Å². The van der Waals surface area contributed by atoms with E-state index in [1.807, 2.05) is 30.3 Å². The summed E-state index contributed by atoms with van der Waals surface area (Å²) in [6.07, 6.45) is 0. The number of carbonyl (C=O) groups excluding carboxylic acids is 2. The van der Waals surface area contributed by atoms with Gasteiger partial charge in [0, 0.05) is 26.7 Å². The minimum atomic E-state index is -0.364. The summed E-state index contributed by atoms with van der Waals surface area (Å²) in [5, 5.41) is 0. The summed E-state index contributed by atoms with van der Waals surface area (Å²) >= 11 is 0. The highest BCUT2D eigenvalue weighted by atomic mass is 16.2. The number of carbonyl (C=O) groups is 2. The van der Waals surface area contributed by atoms with Crippen molar-refractivity contribution in [2.24, 2.45) is 5.73 Å². The van der Waals surface area contributed by atoms with Gasteiger partial charge in [0.2, 0.25) is 11.8 Å². The Labute approximate surface area is 113 Å². The molecule has 0 aromatic heterocycles. The SMILES string of the molecule is CN1CCN(C(=O)C(CN)c2ccccc2)CC1=O. The summed E-state index contributed by atoms with van der Waals surface area (Å²) in [6, 6.07) is 9.47. The predicted molar refractivity (Wildman–Crippen MR) is 72.5 cm³/mol. The molecule has 1 saturated heterocycles. The average molecular weight is 261 g/mol. The van der Waals surface area contributed by atoms with E-state index in [0.29, 0.717) is 13.1 Å². The Morgan fingerprint density at radius 2 is 2.00 bits per heavy atom. The van der Waals surface area contributed by atoms with E-state index in [-0.39, 0.29) is 30.8 Å². The Hall–Kier alpha value is -1.88. The van der Waals surface area contributed by atoms with Gasteiger partial charge in [-0.05, 0) is 5.56 Å². The first-order valence-electron chi connectivity index (χ1n) is 6.41. The Morgan fingerprint density at radius 1 is 1.32 bits per heavy atom. The Morgan fingerprint density at radius 3 is 2.58 bits per heavy atom. The third kappa shape index (κ3) is 2.93. The molecule has 2 rings (SSSR count). The van der Waals surface area contributed by atoms with Gasteiger partial charge >= 0.3 is 0 Å². The molecular weight excluding hydrogens is 242 g/mol.